The summed E-state index contributed by atoms with van der Waals surface area (Å²) in [6.45, 7) is 1.24. The van der Waals surface area contributed by atoms with Crippen LogP contribution >= 0.6 is 12.4 Å². The molecule has 0 fully saturated rings. The summed E-state index contributed by atoms with van der Waals surface area (Å²) in [6.07, 6.45) is 0.737. The molecular formula is C13H18ClFN2O2. The second-order valence-electron chi connectivity index (χ2n) is 4.48. The van der Waals surface area contributed by atoms with Gasteiger partial charge in [-0.1, -0.05) is 6.07 Å². The Hall–Kier alpha value is -1.17. The van der Waals surface area contributed by atoms with E-state index in [4.69, 9.17) is 10.5 Å². The zero-order valence-corrected chi connectivity index (χ0v) is 11.6. The average molecular weight is 289 g/mol. The molecule has 1 aromatic rings. The van der Waals surface area contributed by atoms with E-state index in [0.29, 0.717) is 13.1 Å². The third-order valence-corrected chi connectivity index (χ3v) is 3.16. The third kappa shape index (κ3) is 3.65. The zero-order chi connectivity index (χ0) is 13.1. The van der Waals surface area contributed by atoms with E-state index in [-0.39, 0.29) is 30.7 Å². The number of carbonyl (C=O) groups excluding carboxylic acids is 1. The fourth-order valence-electron chi connectivity index (χ4n) is 2.20. The van der Waals surface area contributed by atoms with Gasteiger partial charge in [-0.15, -0.1) is 12.4 Å². The Labute approximate surface area is 118 Å². The first-order valence-electron chi connectivity index (χ1n) is 5.92. The molecule has 0 saturated heterocycles. The lowest BCUT2D eigenvalue weighted by Crippen LogP contribution is -2.47. The Bertz CT molecular complexity index is 456. The molecule has 1 atom stereocenters. The van der Waals surface area contributed by atoms with Crippen LogP contribution in [0.25, 0.3) is 0 Å². The summed E-state index contributed by atoms with van der Waals surface area (Å²) in [5, 5.41) is 0. The Balaban J connectivity index is 0.00000180. The quantitative estimate of drug-likeness (QED) is 0.906. The predicted molar refractivity (Wildman–Crippen MR) is 72.6 cm³/mol. The Kier molecular flexibility index (Phi) is 5.72. The number of ether oxygens (including phenoxy) is 1. The minimum Gasteiger partial charge on any atom is -0.383 e. The molecule has 1 amide bonds. The number of halogens is 2. The topological polar surface area (TPSA) is 55.6 Å². The summed E-state index contributed by atoms with van der Waals surface area (Å²) >= 11 is 0. The molecule has 1 aromatic carbocycles. The number of fused-ring (bicyclic) bond motifs is 1. The maximum Gasteiger partial charge on any atom is 0.242 e. The van der Waals surface area contributed by atoms with Gasteiger partial charge in [0.2, 0.25) is 5.91 Å². The van der Waals surface area contributed by atoms with Gasteiger partial charge in [0.05, 0.1) is 6.61 Å². The lowest BCUT2D eigenvalue weighted by Gasteiger charge is -2.30. The second-order valence-corrected chi connectivity index (χ2v) is 4.48. The number of carbonyl (C=O) groups is 1. The standard InChI is InChI=1S/C13H17FN2O2.ClH/c1-18-8-12(15)13(17)16-5-4-9-2-3-11(14)6-10(9)7-16;/h2-3,6,12H,4-5,7-8,15H2,1H3;1H. The van der Waals surface area contributed by atoms with E-state index in [2.05, 4.69) is 0 Å². The van der Waals surface area contributed by atoms with Gasteiger partial charge in [-0.2, -0.15) is 0 Å². The molecule has 2 N–H and O–H groups in total. The second kappa shape index (κ2) is 6.84. The van der Waals surface area contributed by atoms with Crippen molar-refractivity contribution in [3.05, 3.63) is 35.1 Å². The van der Waals surface area contributed by atoms with E-state index in [1.54, 1.807) is 11.0 Å². The van der Waals surface area contributed by atoms with E-state index < -0.39 is 6.04 Å². The molecule has 4 nitrogen and oxygen atoms in total. The Morgan fingerprint density at radius 2 is 2.26 bits per heavy atom. The number of benzene rings is 1. The molecule has 1 aliphatic rings. The van der Waals surface area contributed by atoms with Crippen LogP contribution in [0.15, 0.2) is 18.2 Å². The molecule has 0 saturated carbocycles. The van der Waals surface area contributed by atoms with Crippen LogP contribution in [-0.4, -0.2) is 37.1 Å². The normalized spacial score (nSPS) is 15.4. The summed E-state index contributed by atoms with van der Waals surface area (Å²) in [6, 6.07) is 4.07. The fraction of sp³-hybridized carbons (Fsp3) is 0.462. The first-order valence-corrected chi connectivity index (χ1v) is 5.92. The molecule has 0 radical (unpaired) electrons. The van der Waals surface area contributed by atoms with E-state index >= 15 is 0 Å². The number of rotatable bonds is 3. The van der Waals surface area contributed by atoms with Crippen molar-refractivity contribution in [2.45, 2.75) is 19.0 Å². The summed E-state index contributed by atoms with van der Waals surface area (Å²) in [5.41, 5.74) is 7.68. The molecule has 0 aliphatic carbocycles. The molecule has 0 aromatic heterocycles. The Morgan fingerprint density at radius 1 is 1.53 bits per heavy atom. The van der Waals surface area contributed by atoms with Crippen molar-refractivity contribution in [3.8, 4) is 0 Å². The van der Waals surface area contributed by atoms with Crippen LogP contribution in [0.3, 0.4) is 0 Å². The highest BCUT2D eigenvalue weighted by Gasteiger charge is 2.25. The molecular weight excluding hydrogens is 271 g/mol. The van der Waals surface area contributed by atoms with E-state index in [0.717, 1.165) is 17.5 Å². The maximum atomic E-state index is 13.2. The number of nitrogens with zero attached hydrogens (tertiary/aromatic N) is 1. The number of amides is 1. The Morgan fingerprint density at radius 3 is 2.95 bits per heavy atom. The van der Waals surface area contributed by atoms with Gasteiger partial charge in [0.25, 0.3) is 0 Å². The van der Waals surface area contributed by atoms with E-state index in [1.165, 1.54) is 19.2 Å². The van der Waals surface area contributed by atoms with Crippen LogP contribution in [-0.2, 0) is 22.5 Å². The third-order valence-electron chi connectivity index (χ3n) is 3.16. The van der Waals surface area contributed by atoms with E-state index in [9.17, 15) is 9.18 Å². The van der Waals surface area contributed by atoms with Gasteiger partial charge < -0.3 is 15.4 Å². The highest BCUT2D eigenvalue weighted by atomic mass is 35.5. The monoisotopic (exact) mass is 288 g/mol. The van der Waals surface area contributed by atoms with Crippen molar-refractivity contribution in [1.82, 2.24) is 4.90 Å². The maximum absolute atomic E-state index is 13.2. The van der Waals surface area contributed by atoms with Crippen molar-refractivity contribution in [3.63, 3.8) is 0 Å². The van der Waals surface area contributed by atoms with Gasteiger partial charge >= 0.3 is 0 Å². The van der Waals surface area contributed by atoms with Crippen molar-refractivity contribution < 1.29 is 13.9 Å². The molecule has 1 unspecified atom stereocenters. The molecule has 6 heteroatoms. The highest BCUT2D eigenvalue weighted by molar-refractivity contribution is 5.85. The van der Waals surface area contributed by atoms with Crippen LogP contribution in [0, 0.1) is 5.82 Å². The number of nitrogens with two attached hydrogens (primary N) is 1. The molecule has 0 bridgehead atoms. The number of methoxy groups -OCH3 is 1. The fourth-order valence-corrected chi connectivity index (χ4v) is 2.20. The lowest BCUT2D eigenvalue weighted by atomic mass is 9.99. The molecule has 19 heavy (non-hydrogen) atoms. The van der Waals surface area contributed by atoms with Crippen molar-refractivity contribution in [1.29, 1.82) is 0 Å². The summed E-state index contributed by atoms with van der Waals surface area (Å²) in [5.74, 6) is -0.420. The molecule has 106 valence electrons. The summed E-state index contributed by atoms with van der Waals surface area (Å²) < 4.78 is 18.0. The van der Waals surface area contributed by atoms with Gasteiger partial charge in [-0.3, -0.25) is 4.79 Å². The van der Waals surface area contributed by atoms with Crippen LogP contribution < -0.4 is 5.73 Å². The average Bonchev–Trinajstić information content (AvgIpc) is 2.37. The minimum atomic E-state index is -0.648. The van der Waals surface area contributed by atoms with Gasteiger partial charge in [0, 0.05) is 20.2 Å². The van der Waals surface area contributed by atoms with E-state index in [1.807, 2.05) is 0 Å². The molecule has 0 spiro atoms. The smallest absolute Gasteiger partial charge is 0.242 e. The van der Waals surface area contributed by atoms with Crippen LogP contribution in [0.1, 0.15) is 11.1 Å². The van der Waals surface area contributed by atoms with Gasteiger partial charge in [-0.05, 0) is 29.7 Å². The van der Waals surface area contributed by atoms with Gasteiger partial charge in [-0.25, -0.2) is 4.39 Å². The van der Waals surface area contributed by atoms with Crippen molar-refractivity contribution in [2.24, 2.45) is 5.73 Å². The molecule has 2 rings (SSSR count). The SMILES string of the molecule is COCC(N)C(=O)N1CCc2ccc(F)cc2C1.Cl. The first-order chi connectivity index (χ1) is 8.61. The highest BCUT2D eigenvalue weighted by Crippen LogP contribution is 2.20. The minimum absolute atomic E-state index is 0. The van der Waals surface area contributed by atoms with Crippen LogP contribution in [0.5, 0.6) is 0 Å². The van der Waals surface area contributed by atoms with Crippen LogP contribution in [0.2, 0.25) is 0 Å². The molecule has 1 heterocycles. The summed E-state index contributed by atoms with van der Waals surface area (Å²) in [4.78, 5) is 13.7. The predicted octanol–water partition coefficient (Wildman–Crippen LogP) is 1.11. The molecule has 1 aliphatic heterocycles. The number of hydrogen-bond donors (Lipinski definition) is 1. The van der Waals surface area contributed by atoms with Crippen LogP contribution in [0.4, 0.5) is 4.39 Å². The van der Waals surface area contributed by atoms with Gasteiger partial charge in [0.15, 0.2) is 0 Å². The van der Waals surface area contributed by atoms with Crippen molar-refractivity contribution >= 4 is 18.3 Å². The number of hydrogen-bond acceptors (Lipinski definition) is 3. The largest absolute Gasteiger partial charge is 0.383 e. The zero-order valence-electron chi connectivity index (χ0n) is 10.8. The first kappa shape index (κ1) is 15.9. The lowest BCUT2D eigenvalue weighted by molar-refractivity contribution is -0.134. The van der Waals surface area contributed by atoms with Crippen molar-refractivity contribution in [2.75, 3.05) is 20.3 Å². The van der Waals surface area contributed by atoms with Gasteiger partial charge in [0.1, 0.15) is 11.9 Å². The summed E-state index contributed by atoms with van der Waals surface area (Å²) in [7, 11) is 1.51.